The maximum Gasteiger partial charge on any atom is 0.227 e. The zero-order chi connectivity index (χ0) is 10.6. The lowest BCUT2D eigenvalue weighted by Crippen LogP contribution is -2.16. The highest BCUT2D eigenvalue weighted by Crippen LogP contribution is 2.01. The summed E-state index contributed by atoms with van der Waals surface area (Å²) in [6, 6.07) is 0.377. The van der Waals surface area contributed by atoms with Crippen LogP contribution in [0.5, 0.6) is 0 Å². The monoisotopic (exact) mass is 212 g/mol. The van der Waals surface area contributed by atoms with Gasteiger partial charge in [0.05, 0.1) is 0 Å². The molecule has 0 fully saturated rings. The molecule has 0 radical (unpaired) electrons. The highest BCUT2D eigenvalue weighted by Gasteiger charge is 2.01. The summed E-state index contributed by atoms with van der Waals surface area (Å²) in [5.41, 5.74) is 0. The lowest BCUT2D eigenvalue weighted by molar-refractivity contribution is 0.686. The van der Waals surface area contributed by atoms with Gasteiger partial charge in [0, 0.05) is 12.6 Å². The van der Waals surface area contributed by atoms with Gasteiger partial charge in [-0.2, -0.15) is 4.98 Å². The molecule has 1 heterocycles. The van der Waals surface area contributed by atoms with Gasteiger partial charge in [0.15, 0.2) is 0 Å². The third-order valence-corrected chi connectivity index (χ3v) is 2.42. The van der Waals surface area contributed by atoms with E-state index in [2.05, 4.69) is 29.1 Å². The Morgan fingerprint density at radius 2 is 2.29 bits per heavy atom. The molecule has 0 aliphatic carbocycles. The fourth-order valence-electron chi connectivity index (χ4n) is 0.966. The lowest BCUT2D eigenvalue weighted by atomic mass is 10.3. The first kappa shape index (κ1) is 11.1. The normalized spacial score (nSPS) is 12.5. The molecule has 1 unspecified atom stereocenters. The molecular formula is C9H16N4S. The van der Waals surface area contributed by atoms with E-state index in [9.17, 15) is 0 Å². The predicted octanol–water partition coefficient (Wildman–Crippen LogP) is 2.24. The van der Waals surface area contributed by atoms with E-state index in [1.54, 1.807) is 6.33 Å². The van der Waals surface area contributed by atoms with Crippen molar-refractivity contribution in [2.45, 2.75) is 39.8 Å². The Labute approximate surface area is 89.4 Å². The van der Waals surface area contributed by atoms with Crippen LogP contribution in [0.3, 0.4) is 0 Å². The van der Waals surface area contributed by atoms with Crippen LogP contribution in [0.1, 0.15) is 27.2 Å². The van der Waals surface area contributed by atoms with E-state index in [1.165, 1.54) is 0 Å². The molecule has 0 saturated carbocycles. The third-order valence-electron chi connectivity index (χ3n) is 2.10. The van der Waals surface area contributed by atoms with Gasteiger partial charge >= 0.3 is 0 Å². The van der Waals surface area contributed by atoms with Crippen LogP contribution in [-0.4, -0.2) is 20.6 Å². The second-order valence-corrected chi connectivity index (χ2v) is 3.57. The van der Waals surface area contributed by atoms with Crippen LogP contribution in [0.15, 0.2) is 6.33 Å². The average molecular weight is 212 g/mol. The third kappa shape index (κ3) is 2.77. The highest BCUT2D eigenvalue weighted by atomic mass is 32.1. The van der Waals surface area contributed by atoms with Gasteiger partial charge in [0.25, 0.3) is 0 Å². The quantitative estimate of drug-likeness (QED) is 0.777. The van der Waals surface area contributed by atoms with E-state index in [0.29, 0.717) is 16.8 Å². The molecule has 0 aliphatic heterocycles. The molecule has 0 spiro atoms. The molecule has 1 rings (SSSR count). The average Bonchev–Trinajstić information content (AvgIpc) is 2.18. The van der Waals surface area contributed by atoms with Crippen molar-refractivity contribution in [1.29, 1.82) is 0 Å². The first-order valence-corrected chi connectivity index (χ1v) is 5.28. The molecule has 1 N–H and O–H groups in total. The first-order valence-electron chi connectivity index (χ1n) is 4.87. The number of nitrogens with one attached hydrogen (secondary N) is 1. The summed E-state index contributed by atoms with van der Waals surface area (Å²) >= 11 is 5.10. The van der Waals surface area contributed by atoms with Crippen molar-refractivity contribution >= 4 is 18.2 Å². The minimum atomic E-state index is 0.377. The molecule has 0 amide bonds. The fraction of sp³-hybridized carbons (Fsp3) is 0.667. The van der Waals surface area contributed by atoms with E-state index < -0.39 is 0 Å². The van der Waals surface area contributed by atoms with Crippen LogP contribution < -0.4 is 5.32 Å². The Morgan fingerprint density at radius 1 is 1.57 bits per heavy atom. The highest BCUT2D eigenvalue weighted by molar-refractivity contribution is 7.71. The van der Waals surface area contributed by atoms with Gasteiger partial charge in [0.1, 0.15) is 6.33 Å². The van der Waals surface area contributed by atoms with E-state index >= 15 is 0 Å². The Kier molecular flexibility index (Phi) is 4.00. The Hall–Kier alpha value is -0.970. The van der Waals surface area contributed by atoms with Crippen LogP contribution in [0.2, 0.25) is 0 Å². The van der Waals surface area contributed by atoms with Gasteiger partial charge in [0.2, 0.25) is 10.7 Å². The topological polar surface area (TPSA) is 42.7 Å². The second-order valence-electron chi connectivity index (χ2n) is 3.20. The van der Waals surface area contributed by atoms with E-state index in [1.807, 2.05) is 11.5 Å². The van der Waals surface area contributed by atoms with Crippen molar-refractivity contribution < 1.29 is 0 Å². The molecule has 0 aromatic carbocycles. The van der Waals surface area contributed by atoms with Crippen molar-refractivity contribution in [1.82, 2.24) is 14.5 Å². The number of rotatable bonds is 4. The Bertz CT molecular complexity index is 347. The number of nitrogens with zero attached hydrogens (tertiary/aromatic N) is 3. The zero-order valence-electron chi connectivity index (χ0n) is 8.82. The second kappa shape index (κ2) is 5.05. The summed E-state index contributed by atoms with van der Waals surface area (Å²) < 4.78 is 2.41. The van der Waals surface area contributed by atoms with Crippen molar-refractivity contribution in [2.24, 2.45) is 0 Å². The molecule has 0 saturated heterocycles. The smallest absolute Gasteiger partial charge is 0.227 e. The SMILES string of the molecule is CCC(C)Nc1ncn(CC)c(=S)n1. The van der Waals surface area contributed by atoms with Crippen LogP contribution in [0, 0.1) is 4.77 Å². The van der Waals surface area contributed by atoms with Gasteiger partial charge in [-0.05, 0) is 32.5 Å². The number of hydrogen-bond acceptors (Lipinski definition) is 4. The first-order chi connectivity index (χ1) is 6.67. The molecule has 0 bridgehead atoms. The van der Waals surface area contributed by atoms with Gasteiger partial charge < -0.3 is 9.88 Å². The van der Waals surface area contributed by atoms with Crippen LogP contribution >= 0.6 is 12.2 Å². The molecule has 1 atom stereocenters. The summed E-state index contributed by atoms with van der Waals surface area (Å²) in [7, 11) is 0. The number of anilines is 1. The largest absolute Gasteiger partial charge is 0.352 e. The summed E-state index contributed by atoms with van der Waals surface area (Å²) in [4.78, 5) is 8.36. The van der Waals surface area contributed by atoms with Crippen molar-refractivity contribution in [3.63, 3.8) is 0 Å². The van der Waals surface area contributed by atoms with Gasteiger partial charge in [-0.15, -0.1) is 0 Å². The number of hydrogen-bond donors (Lipinski definition) is 1. The Balaban J connectivity index is 2.81. The maximum absolute atomic E-state index is 5.10. The molecule has 1 aromatic heterocycles. The number of aromatic nitrogens is 3. The maximum atomic E-state index is 5.10. The lowest BCUT2D eigenvalue weighted by Gasteiger charge is -2.11. The molecule has 1 aromatic rings. The summed E-state index contributed by atoms with van der Waals surface area (Å²) in [5, 5.41) is 3.18. The van der Waals surface area contributed by atoms with Crippen LogP contribution in [-0.2, 0) is 6.54 Å². The van der Waals surface area contributed by atoms with E-state index in [0.717, 1.165) is 13.0 Å². The van der Waals surface area contributed by atoms with Crippen LogP contribution in [0.25, 0.3) is 0 Å². The van der Waals surface area contributed by atoms with Gasteiger partial charge in [-0.3, -0.25) is 0 Å². The molecule has 5 heteroatoms. The van der Waals surface area contributed by atoms with Crippen molar-refractivity contribution in [2.75, 3.05) is 5.32 Å². The van der Waals surface area contributed by atoms with E-state index in [4.69, 9.17) is 12.2 Å². The fourth-order valence-corrected chi connectivity index (χ4v) is 1.23. The summed E-state index contributed by atoms with van der Waals surface area (Å²) in [5.74, 6) is 0.619. The molecular weight excluding hydrogens is 196 g/mol. The Morgan fingerprint density at radius 3 is 2.79 bits per heavy atom. The molecule has 4 nitrogen and oxygen atoms in total. The van der Waals surface area contributed by atoms with Crippen molar-refractivity contribution in [3.8, 4) is 0 Å². The molecule has 0 aliphatic rings. The minimum absolute atomic E-state index is 0.377. The minimum Gasteiger partial charge on any atom is -0.352 e. The van der Waals surface area contributed by atoms with E-state index in [-0.39, 0.29) is 0 Å². The van der Waals surface area contributed by atoms with Crippen LogP contribution in [0.4, 0.5) is 5.95 Å². The van der Waals surface area contributed by atoms with Crippen molar-refractivity contribution in [3.05, 3.63) is 11.1 Å². The standard InChI is InChI=1S/C9H16N4S/c1-4-7(3)11-8-10-6-13(5-2)9(14)12-8/h6-7H,4-5H2,1-3H3,(H,11,12,14). The van der Waals surface area contributed by atoms with Gasteiger partial charge in [-0.25, -0.2) is 4.98 Å². The number of aryl methyl sites for hydroxylation is 1. The molecule has 14 heavy (non-hydrogen) atoms. The summed E-state index contributed by atoms with van der Waals surface area (Å²) in [6.45, 7) is 7.03. The predicted molar refractivity (Wildman–Crippen MR) is 59.9 cm³/mol. The summed E-state index contributed by atoms with van der Waals surface area (Å²) in [6.07, 6.45) is 2.76. The van der Waals surface area contributed by atoms with Gasteiger partial charge in [-0.1, -0.05) is 6.92 Å². The molecule has 78 valence electrons. The zero-order valence-corrected chi connectivity index (χ0v) is 9.64.